The summed E-state index contributed by atoms with van der Waals surface area (Å²) in [6.07, 6.45) is 1.94. The molecule has 0 spiro atoms. The van der Waals surface area contributed by atoms with Crippen molar-refractivity contribution in [3.05, 3.63) is 41.5 Å². The second-order valence-electron chi connectivity index (χ2n) is 6.86. The Morgan fingerprint density at radius 3 is 2.93 bits per heavy atom. The molecule has 3 rings (SSSR count). The molecule has 8 heteroatoms. The Kier molecular flexibility index (Phi) is 7.73. The predicted molar refractivity (Wildman–Crippen MR) is 114 cm³/mol. The van der Waals surface area contributed by atoms with Gasteiger partial charge in [-0.25, -0.2) is 9.67 Å². The molecule has 1 unspecified atom stereocenters. The monoisotopic (exact) mass is 402 g/mol. The summed E-state index contributed by atoms with van der Waals surface area (Å²) in [5.41, 5.74) is 1.29. The molecule has 0 saturated carbocycles. The number of nitrogens with one attached hydrogen (secondary N) is 2. The molecule has 1 aromatic heterocycles. The smallest absolute Gasteiger partial charge is 0.191 e. The van der Waals surface area contributed by atoms with Gasteiger partial charge in [-0.05, 0) is 32.4 Å². The lowest BCUT2D eigenvalue weighted by Crippen LogP contribution is -2.47. The highest BCUT2D eigenvalue weighted by atomic mass is 32.2. The van der Waals surface area contributed by atoms with E-state index in [4.69, 9.17) is 9.73 Å². The molecule has 28 heavy (non-hydrogen) atoms. The Hall–Kier alpha value is -2.06. The number of guanidine groups is 1. The Bertz CT molecular complexity index is 774. The predicted octanol–water partition coefficient (Wildman–Crippen LogP) is 2.40. The summed E-state index contributed by atoms with van der Waals surface area (Å²) < 4.78 is 7.13. The zero-order chi connectivity index (χ0) is 19.8. The lowest BCUT2D eigenvalue weighted by atomic mass is 10.1. The minimum Gasteiger partial charge on any atom is -0.377 e. The molecule has 1 aromatic carbocycles. The van der Waals surface area contributed by atoms with Crippen molar-refractivity contribution in [2.75, 3.05) is 26.0 Å². The fraction of sp³-hybridized carbons (Fsp3) is 0.550. The number of methoxy groups -OCH3 is 1. The highest BCUT2D eigenvalue weighted by molar-refractivity contribution is 7.99. The van der Waals surface area contributed by atoms with Gasteiger partial charge in [0.2, 0.25) is 0 Å². The molecule has 2 aromatic rings. The third-order valence-corrected chi connectivity index (χ3v) is 5.50. The molecule has 2 N–H and O–H groups in total. The van der Waals surface area contributed by atoms with Crippen molar-refractivity contribution in [1.29, 1.82) is 0 Å². The average Bonchev–Trinajstić information content (AvgIpc) is 3.08. The summed E-state index contributed by atoms with van der Waals surface area (Å²) in [6, 6.07) is 8.94. The molecule has 0 radical (unpaired) electrons. The van der Waals surface area contributed by atoms with Gasteiger partial charge >= 0.3 is 0 Å². The van der Waals surface area contributed by atoms with Crippen LogP contribution in [0.5, 0.6) is 0 Å². The first-order chi connectivity index (χ1) is 13.7. The number of ether oxygens (including phenoxy) is 1. The van der Waals surface area contributed by atoms with Gasteiger partial charge in [-0.1, -0.05) is 17.7 Å². The summed E-state index contributed by atoms with van der Waals surface area (Å²) in [6.45, 7) is 7.07. The second-order valence-corrected chi connectivity index (χ2v) is 8.03. The second kappa shape index (κ2) is 10.5. The molecule has 0 fully saturated rings. The molecule has 0 bridgehead atoms. The Balaban J connectivity index is 1.50. The van der Waals surface area contributed by atoms with Gasteiger partial charge in [-0.3, -0.25) is 4.99 Å². The minimum absolute atomic E-state index is 0.298. The lowest BCUT2D eigenvalue weighted by molar-refractivity contribution is 0.177. The molecule has 1 atom stereocenters. The van der Waals surface area contributed by atoms with Gasteiger partial charge in [0.15, 0.2) is 11.8 Å². The number of rotatable bonds is 8. The third-order valence-electron chi connectivity index (χ3n) is 4.51. The van der Waals surface area contributed by atoms with E-state index in [2.05, 4.69) is 58.8 Å². The summed E-state index contributed by atoms with van der Waals surface area (Å²) in [5.74, 6) is 3.63. The van der Waals surface area contributed by atoms with Gasteiger partial charge in [-0.2, -0.15) is 5.10 Å². The van der Waals surface area contributed by atoms with Crippen molar-refractivity contribution < 1.29 is 4.74 Å². The van der Waals surface area contributed by atoms with Crippen LogP contribution in [0.1, 0.15) is 30.6 Å². The number of fused-ring (bicyclic) bond motifs is 1. The first kappa shape index (κ1) is 20.7. The number of hydrogen-bond acceptors (Lipinski definition) is 5. The summed E-state index contributed by atoms with van der Waals surface area (Å²) in [5, 5.41) is 11.4. The molecule has 2 heterocycles. The number of hydrogen-bond donors (Lipinski definition) is 2. The van der Waals surface area contributed by atoms with E-state index in [-0.39, 0.29) is 0 Å². The summed E-state index contributed by atoms with van der Waals surface area (Å²) in [7, 11) is 1.67. The van der Waals surface area contributed by atoms with Crippen molar-refractivity contribution in [3.63, 3.8) is 0 Å². The number of aliphatic imine (C=N–C) groups is 1. The Labute approximate surface area is 171 Å². The van der Waals surface area contributed by atoms with E-state index < -0.39 is 0 Å². The maximum atomic E-state index is 5.14. The molecular weight excluding hydrogens is 372 g/mol. The van der Waals surface area contributed by atoms with Gasteiger partial charge in [0.1, 0.15) is 12.4 Å². The highest BCUT2D eigenvalue weighted by Gasteiger charge is 2.22. The fourth-order valence-electron chi connectivity index (χ4n) is 3.14. The van der Waals surface area contributed by atoms with E-state index in [1.807, 2.05) is 16.4 Å². The van der Waals surface area contributed by atoms with Gasteiger partial charge < -0.3 is 15.4 Å². The quantitative estimate of drug-likeness (QED) is 0.306. The van der Waals surface area contributed by atoms with Crippen LogP contribution in [0.3, 0.4) is 0 Å². The van der Waals surface area contributed by atoms with Gasteiger partial charge in [0, 0.05) is 36.8 Å². The Morgan fingerprint density at radius 1 is 1.36 bits per heavy atom. The largest absolute Gasteiger partial charge is 0.377 e. The van der Waals surface area contributed by atoms with Crippen LogP contribution < -0.4 is 10.6 Å². The van der Waals surface area contributed by atoms with Crippen LogP contribution in [-0.2, 0) is 24.3 Å². The first-order valence-electron chi connectivity index (χ1n) is 9.83. The lowest BCUT2D eigenvalue weighted by Gasteiger charge is -2.25. The van der Waals surface area contributed by atoms with Crippen LogP contribution in [0.25, 0.3) is 0 Å². The molecule has 0 aliphatic carbocycles. The fourth-order valence-corrected chi connectivity index (χ4v) is 3.88. The van der Waals surface area contributed by atoms with Crippen molar-refractivity contribution in [2.24, 2.45) is 4.99 Å². The van der Waals surface area contributed by atoms with Gasteiger partial charge in [-0.15, -0.1) is 11.8 Å². The van der Waals surface area contributed by atoms with Crippen molar-refractivity contribution in [2.45, 2.75) is 50.8 Å². The zero-order valence-corrected chi connectivity index (χ0v) is 17.8. The van der Waals surface area contributed by atoms with Gasteiger partial charge in [0.05, 0.1) is 13.1 Å². The summed E-state index contributed by atoms with van der Waals surface area (Å²) in [4.78, 5) is 10.6. The number of aromatic nitrogens is 3. The maximum absolute atomic E-state index is 5.14. The van der Waals surface area contributed by atoms with E-state index >= 15 is 0 Å². The first-order valence-corrected chi connectivity index (χ1v) is 10.8. The maximum Gasteiger partial charge on any atom is 0.191 e. The number of aryl methyl sites for hydroxylation is 2. The van der Waals surface area contributed by atoms with Gasteiger partial charge in [0.25, 0.3) is 0 Å². The van der Waals surface area contributed by atoms with Crippen LogP contribution in [0, 0.1) is 6.92 Å². The van der Waals surface area contributed by atoms with E-state index in [0.717, 1.165) is 55.8 Å². The zero-order valence-electron chi connectivity index (χ0n) is 16.9. The normalized spacial score (nSPS) is 16.7. The van der Waals surface area contributed by atoms with E-state index in [1.54, 1.807) is 7.11 Å². The van der Waals surface area contributed by atoms with Crippen LogP contribution >= 0.6 is 11.8 Å². The van der Waals surface area contributed by atoms with Crippen molar-refractivity contribution >= 4 is 17.7 Å². The molecule has 7 nitrogen and oxygen atoms in total. The third kappa shape index (κ3) is 5.97. The number of thioether (sulfide) groups is 1. The SMILES string of the molecule is CCNC(=NCCSc1ccc(C)cc1)NC1CCc2nc(COC)nn2C1. The van der Waals surface area contributed by atoms with Crippen LogP contribution in [0.4, 0.5) is 0 Å². The number of nitrogens with zero attached hydrogens (tertiary/aromatic N) is 4. The molecule has 1 aliphatic rings. The minimum atomic E-state index is 0.298. The van der Waals surface area contributed by atoms with E-state index in [0.29, 0.717) is 12.6 Å². The number of benzene rings is 1. The highest BCUT2D eigenvalue weighted by Crippen LogP contribution is 2.18. The average molecular weight is 403 g/mol. The van der Waals surface area contributed by atoms with Crippen LogP contribution in [0.15, 0.2) is 34.2 Å². The van der Waals surface area contributed by atoms with E-state index in [1.165, 1.54) is 10.5 Å². The standard InChI is InChI=1S/C20H30N6OS/c1-4-21-20(22-11-12-28-17-8-5-15(2)6-9-17)23-16-7-10-19-24-18(14-27-3)25-26(19)13-16/h5-6,8-9,16H,4,7,10-14H2,1-3H3,(H2,21,22,23). The van der Waals surface area contributed by atoms with E-state index in [9.17, 15) is 0 Å². The van der Waals surface area contributed by atoms with Crippen LogP contribution in [-0.4, -0.2) is 52.7 Å². The van der Waals surface area contributed by atoms with Crippen LogP contribution in [0.2, 0.25) is 0 Å². The van der Waals surface area contributed by atoms with Crippen molar-refractivity contribution in [1.82, 2.24) is 25.4 Å². The topological polar surface area (TPSA) is 76.4 Å². The molecule has 152 valence electrons. The van der Waals surface area contributed by atoms with Crippen molar-refractivity contribution in [3.8, 4) is 0 Å². The molecular formula is C20H30N6OS. The molecule has 1 aliphatic heterocycles. The molecule has 0 saturated heterocycles. The Morgan fingerprint density at radius 2 is 2.18 bits per heavy atom. The molecule has 0 amide bonds. The summed E-state index contributed by atoms with van der Waals surface area (Å²) >= 11 is 1.84.